The van der Waals surface area contributed by atoms with E-state index < -0.39 is 55.4 Å². The number of hydrogen-bond donors (Lipinski definition) is 2. The van der Waals surface area contributed by atoms with Crippen molar-refractivity contribution in [1.29, 1.82) is 0 Å². The van der Waals surface area contributed by atoms with Crippen molar-refractivity contribution in [2.75, 3.05) is 23.8 Å². The number of alkyl carbamates (subject to hydrolysis) is 2. The highest BCUT2D eigenvalue weighted by Gasteiger charge is 2.40. The lowest BCUT2D eigenvalue weighted by Gasteiger charge is -2.27. The third-order valence-corrected chi connectivity index (χ3v) is 11.7. The Balaban J connectivity index is 1.11. The molecule has 0 radical (unpaired) electrons. The van der Waals surface area contributed by atoms with Crippen LogP contribution in [0, 0.1) is 5.82 Å². The van der Waals surface area contributed by atoms with Crippen LogP contribution in [-0.2, 0) is 42.7 Å². The summed E-state index contributed by atoms with van der Waals surface area (Å²) < 4.78 is 65.7. The molecule has 3 aromatic carbocycles. The summed E-state index contributed by atoms with van der Waals surface area (Å²) in [6.45, 7) is 11.8. The summed E-state index contributed by atoms with van der Waals surface area (Å²) in [5.74, 6) is -1.77. The van der Waals surface area contributed by atoms with Gasteiger partial charge in [-0.1, -0.05) is 108 Å². The number of unbranched alkanes of at least 4 members (excludes halogenated alkanes) is 8. The quantitative estimate of drug-likeness (QED) is 0.0858. The third-order valence-electron chi connectivity index (χ3n) is 9.95. The minimum atomic E-state index is -4.33. The number of hydrogen-bond acceptors (Lipinski definition) is 11. The van der Waals surface area contributed by atoms with E-state index in [4.69, 9.17) is 18.6 Å². The van der Waals surface area contributed by atoms with Gasteiger partial charge >= 0.3 is 12.2 Å². The van der Waals surface area contributed by atoms with Gasteiger partial charge < -0.3 is 34.2 Å². The number of benzene rings is 3. The van der Waals surface area contributed by atoms with Gasteiger partial charge in [0.05, 0.1) is 35.1 Å². The number of nitrogens with one attached hydrogen (secondary N) is 2. The zero-order valence-electron chi connectivity index (χ0n) is 36.6. The van der Waals surface area contributed by atoms with Crippen molar-refractivity contribution in [1.82, 2.24) is 20.8 Å². The number of rotatable bonds is 19. The first-order chi connectivity index (χ1) is 29.4. The van der Waals surface area contributed by atoms with Crippen LogP contribution in [0.3, 0.4) is 0 Å². The number of anilines is 1. The molecular weight excluding hydrogens is 818 g/mol. The minimum Gasteiger partial charge on any atom is -0.494 e. The van der Waals surface area contributed by atoms with Crippen molar-refractivity contribution < 1.29 is 45.8 Å². The lowest BCUT2D eigenvalue weighted by molar-refractivity contribution is -0.120. The molecule has 62 heavy (non-hydrogen) atoms. The Kier molecular flexibility index (Phi) is 16.5. The predicted molar refractivity (Wildman–Crippen MR) is 233 cm³/mol. The number of amides is 3. The Labute approximate surface area is 364 Å². The van der Waals surface area contributed by atoms with Crippen LogP contribution >= 0.6 is 0 Å². The first-order valence-electron chi connectivity index (χ1n) is 21.3. The van der Waals surface area contributed by atoms with E-state index >= 15 is 4.39 Å². The second kappa shape index (κ2) is 21.5. The molecular formula is C46H60FN5O9S. The van der Waals surface area contributed by atoms with Gasteiger partial charge in [0, 0.05) is 12.0 Å². The average molecular weight is 878 g/mol. The Morgan fingerprint density at radius 3 is 2.11 bits per heavy atom. The molecule has 336 valence electrons. The molecule has 3 amide bonds. The van der Waals surface area contributed by atoms with E-state index in [-0.39, 0.29) is 42.3 Å². The molecule has 1 atom stereocenters. The highest BCUT2D eigenvalue weighted by atomic mass is 32.2. The molecule has 2 N–H and O–H groups in total. The molecule has 1 aliphatic heterocycles. The smallest absolute Gasteiger partial charge is 0.408 e. The molecule has 4 aromatic rings. The van der Waals surface area contributed by atoms with Crippen LogP contribution in [0.15, 0.2) is 76.0 Å². The first kappa shape index (κ1) is 47.5. The molecule has 5 rings (SSSR count). The predicted octanol–water partition coefficient (Wildman–Crippen LogP) is 9.20. The highest BCUT2D eigenvalue weighted by Crippen LogP contribution is 2.38. The second-order valence-electron chi connectivity index (χ2n) is 17.5. The Morgan fingerprint density at radius 1 is 0.839 bits per heavy atom. The molecule has 2 heterocycles. The van der Waals surface area contributed by atoms with Crippen molar-refractivity contribution in [3.8, 4) is 17.2 Å². The van der Waals surface area contributed by atoms with Crippen LogP contribution in [0.25, 0.3) is 11.5 Å². The normalized spacial score (nSPS) is 15.0. The molecule has 0 spiro atoms. The van der Waals surface area contributed by atoms with E-state index in [2.05, 4.69) is 20.8 Å². The molecule has 0 unspecified atom stereocenters. The van der Waals surface area contributed by atoms with Crippen LogP contribution < -0.4 is 20.3 Å². The molecule has 0 saturated carbocycles. The highest BCUT2D eigenvalue weighted by molar-refractivity contribution is 7.91. The summed E-state index contributed by atoms with van der Waals surface area (Å²) >= 11 is 0. The van der Waals surface area contributed by atoms with Crippen molar-refractivity contribution in [2.24, 2.45) is 0 Å². The number of fused-ring (bicyclic) bond motifs is 1. The summed E-state index contributed by atoms with van der Waals surface area (Å²) in [5.41, 5.74) is -0.143. The van der Waals surface area contributed by atoms with E-state index in [1.807, 2.05) is 51.1 Å². The molecule has 0 aliphatic carbocycles. The Bertz CT molecular complexity index is 2220. The fourth-order valence-electron chi connectivity index (χ4n) is 6.70. The maximum absolute atomic E-state index is 15.8. The number of ether oxygens (including phenoxy) is 3. The van der Waals surface area contributed by atoms with Crippen molar-refractivity contribution in [3.05, 3.63) is 89.6 Å². The average Bonchev–Trinajstić information content (AvgIpc) is 3.70. The lowest BCUT2D eigenvalue weighted by atomic mass is 9.97. The minimum absolute atomic E-state index is 0.0954. The lowest BCUT2D eigenvalue weighted by Crippen LogP contribution is -2.51. The molecule has 1 aromatic heterocycles. The summed E-state index contributed by atoms with van der Waals surface area (Å²) in [7, 11) is -4.33. The SMILES string of the molecule is CC(C)(C)OC(=O)N[C@H]1CS(=O)(=O)c2cc(F)c(-c3nnc(C(C)(C)C)o3)cc2N(Cc2ccc(OCCCCCCCCCCCNC(=O)OCc3ccccc3)cc2)C1=O. The van der Waals surface area contributed by atoms with Crippen LogP contribution in [0.5, 0.6) is 5.75 Å². The second-order valence-corrected chi connectivity index (χ2v) is 19.5. The molecule has 0 fully saturated rings. The fraction of sp³-hybridized carbons (Fsp3) is 0.500. The molecule has 14 nitrogen and oxygen atoms in total. The van der Waals surface area contributed by atoms with E-state index in [0.717, 1.165) is 69.4 Å². The van der Waals surface area contributed by atoms with Crippen molar-refractivity contribution in [3.63, 3.8) is 0 Å². The Hall–Kier alpha value is -5.51. The third kappa shape index (κ3) is 14.3. The van der Waals surface area contributed by atoms with Gasteiger partial charge in [-0.15, -0.1) is 10.2 Å². The maximum atomic E-state index is 15.8. The van der Waals surface area contributed by atoms with Crippen LogP contribution in [-0.4, -0.2) is 67.3 Å². The zero-order valence-corrected chi connectivity index (χ0v) is 37.4. The van der Waals surface area contributed by atoms with Gasteiger partial charge in [0.2, 0.25) is 5.89 Å². The molecule has 0 bridgehead atoms. The largest absolute Gasteiger partial charge is 0.494 e. The summed E-state index contributed by atoms with van der Waals surface area (Å²) in [6.07, 6.45) is 8.24. The molecule has 1 aliphatic rings. The molecule has 16 heteroatoms. The summed E-state index contributed by atoms with van der Waals surface area (Å²) in [4.78, 5) is 39.7. The molecule has 0 saturated heterocycles. The summed E-state index contributed by atoms with van der Waals surface area (Å²) in [5, 5.41) is 13.3. The number of halogens is 1. The zero-order chi connectivity index (χ0) is 44.9. The van der Waals surface area contributed by atoms with Gasteiger partial charge in [-0.3, -0.25) is 4.79 Å². The van der Waals surface area contributed by atoms with Gasteiger partial charge in [0.25, 0.3) is 11.8 Å². The van der Waals surface area contributed by atoms with Gasteiger partial charge in [-0.25, -0.2) is 22.4 Å². The van der Waals surface area contributed by atoms with Crippen LogP contribution in [0.2, 0.25) is 0 Å². The van der Waals surface area contributed by atoms with E-state index in [1.54, 1.807) is 45.0 Å². The number of aromatic nitrogens is 2. The monoisotopic (exact) mass is 877 g/mol. The van der Waals surface area contributed by atoms with Crippen LogP contribution in [0.1, 0.15) is 116 Å². The van der Waals surface area contributed by atoms with E-state index in [1.165, 1.54) is 11.0 Å². The van der Waals surface area contributed by atoms with Crippen molar-refractivity contribution in [2.45, 2.75) is 134 Å². The maximum Gasteiger partial charge on any atom is 0.408 e. The van der Waals surface area contributed by atoms with E-state index in [0.29, 0.717) is 24.5 Å². The van der Waals surface area contributed by atoms with Crippen molar-refractivity contribution >= 4 is 33.6 Å². The summed E-state index contributed by atoms with van der Waals surface area (Å²) in [6, 6.07) is 17.2. The Morgan fingerprint density at radius 2 is 1.48 bits per heavy atom. The first-order valence-corrected chi connectivity index (χ1v) is 22.9. The van der Waals surface area contributed by atoms with Gasteiger partial charge in [0.1, 0.15) is 29.8 Å². The number of nitrogens with zero attached hydrogens (tertiary/aromatic N) is 3. The van der Waals surface area contributed by atoms with Crippen LogP contribution in [0.4, 0.5) is 19.7 Å². The van der Waals surface area contributed by atoms with Gasteiger partial charge in [-0.2, -0.15) is 0 Å². The van der Waals surface area contributed by atoms with E-state index in [9.17, 15) is 22.8 Å². The number of carbonyl (C=O) groups excluding carboxylic acids is 3. The number of sulfone groups is 1. The van der Waals surface area contributed by atoms with Gasteiger partial charge in [0.15, 0.2) is 9.84 Å². The van der Waals surface area contributed by atoms with Gasteiger partial charge in [-0.05, 0) is 69.0 Å². The standard InChI is InChI=1S/C46H60FN5O9S/c1-45(2,3)42-51-50-40(60-42)35-27-38-39(28-36(35)47)62(56,57)31-37(49-44(55)61-46(4,5)6)41(53)52(38)29-32-21-23-34(24-22-32)58-26-18-13-11-9-7-8-10-12-17-25-48-43(54)59-30-33-19-15-14-16-20-33/h14-16,19-24,27-28,37H,7-13,17-18,25-26,29-31H2,1-6H3,(H,48,54)(H,49,55)/t37-/m0/s1. The number of carbonyl (C=O) groups is 3. The topological polar surface area (TPSA) is 179 Å². The fourth-order valence-corrected chi connectivity index (χ4v) is 8.31.